The molecule has 0 unspecified atom stereocenters. The number of ether oxygens (including phenoxy) is 2. The average molecular weight is 607 g/mol. The lowest BCUT2D eigenvalue weighted by Gasteiger charge is -2.26. The zero-order chi connectivity index (χ0) is 32.3. The van der Waals surface area contributed by atoms with Crippen molar-refractivity contribution in [3.63, 3.8) is 0 Å². The van der Waals surface area contributed by atoms with Crippen LogP contribution in [0, 0.1) is 0 Å². The Labute approximate surface area is 271 Å². The Hall–Kier alpha value is -5.48. The topological polar surface area (TPSA) is 58.9 Å². The van der Waals surface area contributed by atoms with Gasteiger partial charge in [-0.25, -0.2) is 0 Å². The summed E-state index contributed by atoms with van der Waals surface area (Å²) in [5, 5.41) is 19.3. The zero-order valence-corrected chi connectivity index (χ0v) is 26.6. The first-order valence-electron chi connectivity index (χ1n) is 15.4. The molecule has 0 saturated heterocycles. The Morgan fingerprint density at radius 3 is 0.804 bits per heavy atom. The van der Waals surface area contributed by atoms with Crippen molar-refractivity contribution in [2.75, 3.05) is 0 Å². The molecule has 0 radical (unpaired) electrons. The number of aromatic hydroxyl groups is 2. The van der Waals surface area contributed by atoms with Crippen molar-refractivity contribution in [3.8, 4) is 45.6 Å². The lowest BCUT2D eigenvalue weighted by Crippen LogP contribution is -2.18. The lowest BCUT2D eigenvalue weighted by atomic mass is 9.78. The van der Waals surface area contributed by atoms with E-state index < -0.39 is 0 Å². The number of hydrogen-bond acceptors (Lipinski definition) is 4. The second kappa shape index (κ2) is 12.5. The summed E-state index contributed by atoms with van der Waals surface area (Å²) < 4.78 is 12.3. The van der Waals surface area contributed by atoms with E-state index in [0.717, 1.165) is 45.3 Å². The van der Waals surface area contributed by atoms with Crippen molar-refractivity contribution >= 4 is 0 Å². The third-order valence-corrected chi connectivity index (χ3v) is 8.84. The van der Waals surface area contributed by atoms with Gasteiger partial charge in [-0.15, -0.1) is 0 Å². The largest absolute Gasteiger partial charge is 0.508 e. The minimum absolute atomic E-state index is 0.203. The number of benzene rings is 6. The van der Waals surface area contributed by atoms with Gasteiger partial charge in [0.15, 0.2) is 0 Å². The van der Waals surface area contributed by atoms with Crippen molar-refractivity contribution in [2.45, 2.75) is 38.5 Å². The van der Waals surface area contributed by atoms with Crippen LogP contribution in [0.2, 0.25) is 0 Å². The van der Waals surface area contributed by atoms with Crippen molar-refractivity contribution in [3.05, 3.63) is 168 Å². The van der Waals surface area contributed by atoms with Crippen LogP contribution in [-0.2, 0) is 10.8 Å². The molecule has 0 aliphatic carbocycles. The first-order chi connectivity index (χ1) is 22.1. The molecule has 2 N–H and O–H groups in total. The molecule has 6 rings (SSSR count). The highest BCUT2D eigenvalue weighted by atomic mass is 16.5. The van der Waals surface area contributed by atoms with Gasteiger partial charge in [-0.3, -0.25) is 0 Å². The Balaban J connectivity index is 1.06. The molecule has 230 valence electrons. The van der Waals surface area contributed by atoms with Gasteiger partial charge in [0.1, 0.15) is 34.5 Å². The highest BCUT2D eigenvalue weighted by Gasteiger charge is 2.24. The maximum atomic E-state index is 9.64. The van der Waals surface area contributed by atoms with Crippen LogP contribution >= 0.6 is 0 Å². The summed E-state index contributed by atoms with van der Waals surface area (Å²) in [5.41, 5.74) is 6.37. The summed E-state index contributed by atoms with van der Waals surface area (Å²) in [4.78, 5) is 0. The molecule has 0 amide bonds. The van der Waals surface area contributed by atoms with Crippen molar-refractivity contribution in [1.82, 2.24) is 0 Å². The van der Waals surface area contributed by atoms with Crippen LogP contribution in [0.3, 0.4) is 0 Å². The molecular formula is C42H38O4. The SMILES string of the molecule is CC(C)(c1ccc(O)cc1)c1ccc(Oc2ccc(-c3ccc(Oc4ccc(C(C)(C)c5ccc(O)cc5)cc4)cc3)cc2)cc1. The summed E-state index contributed by atoms with van der Waals surface area (Å²) in [5.74, 6) is 3.63. The standard InChI is InChI=1S/C42H38O4/c1-41(2,31-9-17-35(43)18-10-31)33-13-25-39(26-14-33)45-37-21-5-29(6-22-37)30-7-23-38(24-8-30)46-40-27-15-34(16-28-40)42(3,4)32-11-19-36(44)20-12-32/h5-28,43-44H,1-4H3. The van der Waals surface area contributed by atoms with Gasteiger partial charge in [0, 0.05) is 10.8 Å². The van der Waals surface area contributed by atoms with E-state index in [2.05, 4.69) is 76.2 Å². The van der Waals surface area contributed by atoms with E-state index in [1.54, 1.807) is 24.3 Å². The predicted molar refractivity (Wildman–Crippen MR) is 185 cm³/mol. The van der Waals surface area contributed by atoms with E-state index in [-0.39, 0.29) is 22.3 Å². The fourth-order valence-electron chi connectivity index (χ4n) is 5.67. The zero-order valence-electron chi connectivity index (χ0n) is 26.6. The minimum Gasteiger partial charge on any atom is -0.508 e. The number of phenolic OH excluding ortho intramolecular Hbond substituents is 2. The smallest absolute Gasteiger partial charge is 0.127 e. The monoisotopic (exact) mass is 606 g/mol. The minimum atomic E-state index is -0.203. The number of phenols is 2. The van der Waals surface area contributed by atoms with Crippen LogP contribution in [0.1, 0.15) is 49.9 Å². The first kappa shape index (κ1) is 30.5. The Morgan fingerprint density at radius 2 is 0.543 bits per heavy atom. The van der Waals surface area contributed by atoms with Gasteiger partial charge >= 0.3 is 0 Å². The molecule has 6 aromatic rings. The second-order valence-corrected chi connectivity index (χ2v) is 12.6. The molecule has 0 aromatic heterocycles. The number of hydrogen-bond donors (Lipinski definition) is 2. The summed E-state index contributed by atoms with van der Waals surface area (Å²) in [6.45, 7) is 8.69. The fraction of sp³-hybridized carbons (Fsp3) is 0.143. The van der Waals surface area contributed by atoms with Gasteiger partial charge in [-0.1, -0.05) is 100 Å². The normalized spacial score (nSPS) is 11.7. The van der Waals surface area contributed by atoms with Gasteiger partial charge in [-0.2, -0.15) is 0 Å². The van der Waals surface area contributed by atoms with E-state index in [1.165, 1.54) is 11.1 Å². The third kappa shape index (κ3) is 6.62. The van der Waals surface area contributed by atoms with E-state index in [4.69, 9.17) is 9.47 Å². The van der Waals surface area contributed by atoms with Crippen LogP contribution < -0.4 is 9.47 Å². The Bertz CT molecular complexity index is 1740. The van der Waals surface area contributed by atoms with Crippen LogP contribution in [0.25, 0.3) is 11.1 Å². The molecule has 0 aliphatic heterocycles. The summed E-state index contributed by atoms with van der Waals surface area (Å²) in [7, 11) is 0. The molecule has 0 bridgehead atoms. The van der Waals surface area contributed by atoms with Gasteiger partial charge in [0.25, 0.3) is 0 Å². The van der Waals surface area contributed by atoms with E-state index in [9.17, 15) is 10.2 Å². The average Bonchev–Trinajstić information content (AvgIpc) is 3.06. The van der Waals surface area contributed by atoms with Crippen LogP contribution in [0.4, 0.5) is 0 Å². The van der Waals surface area contributed by atoms with Crippen molar-refractivity contribution in [2.24, 2.45) is 0 Å². The maximum absolute atomic E-state index is 9.64. The highest BCUT2D eigenvalue weighted by Crippen LogP contribution is 2.36. The molecule has 0 fully saturated rings. The highest BCUT2D eigenvalue weighted by molar-refractivity contribution is 5.65. The summed E-state index contributed by atoms with van der Waals surface area (Å²) in [6.07, 6.45) is 0. The molecule has 0 saturated carbocycles. The quantitative estimate of drug-likeness (QED) is 0.172. The third-order valence-electron chi connectivity index (χ3n) is 8.84. The molecule has 0 aliphatic rings. The van der Waals surface area contributed by atoms with E-state index in [1.807, 2.05) is 72.8 Å². The predicted octanol–water partition coefficient (Wildman–Crippen LogP) is 11.0. The second-order valence-electron chi connectivity index (χ2n) is 12.6. The molecule has 4 nitrogen and oxygen atoms in total. The lowest BCUT2D eigenvalue weighted by molar-refractivity contribution is 0.473. The first-order valence-corrected chi connectivity index (χ1v) is 15.4. The van der Waals surface area contributed by atoms with Gasteiger partial charge in [0.05, 0.1) is 0 Å². The van der Waals surface area contributed by atoms with E-state index >= 15 is 0 Å². The molecular weight excluding hydrogens is 568 g/mol. The van der Waals surface area contributed by atoms with Crippen LogP contribution in [0.15, 0.2) is 146 Å². The van der Waals surface area contributed by atoms with Crippen LogP contribution in [0.5, 0.6) is 34.5 Å². The number of rotatable bonds is 9. The van der Waals surface area contributed by atoms with Crippen molar-refractivity contribution < 1.29 is 19.7 Å². The molecule has 6 aromatic carbocycles. The Kier molecular flexibility index (Phi) is 8.29. The van der Waals surface area contributed by atoms with Gasteiger partial charge in [-0.05, 0) is 106 Å². The van der Waals surface area contributed by atoms with E-state index in [0.29, 0.717) is 0 Å². The molecule has 0 atom stereocenters. The maximum Gasteiger partial charge on any atom is 0.127 e. The van der Waals surface area contributed by atoms with Gasteiger partial charge < -0.3 is 19.7 Å². The van der Waals surface area contributed by atoms with Gasteiger partial charge in [0.2, 0.25) is 0 Å². The summed E-state index contributed by atoms with van der Waals surface area (Å²) in [6, 6.07) is 47.2. The Morgan fingerprint density at radius 1 is 0.326 bits per heavy atom. The fourth-order valence-corrected chi connectivity index (χ4v) is 5.67. The molecule has 46 heavy (non-hydrogen) atoms. The van der Waals surface area contributed by atoms with Crippen molar-refractivity contribution in [1.29, 1.82) is 0 Å². The molecule has 0 heterocycles. The molecule has 4 heteroatoms. The molecule has 0 spiro atoms. The summed E-state index contributed by atoms with van der Waals surface area (Å²) >= 11 is 0. The van der Waals surface area contributed by atoms with Crippen LogP contribution in [-0.4, -0.2) is 10.2 Å².